The minimum atomic E-state index is -0.347. The Morgan fingerprint density at radius 1 is 0.179 bits per heavy atom. The molecule has 600 valence electrons. The highest BCUT2D eigenvalue weighted by Crippen LogP contribution is 2.63. The molecule has 0 fully saturated rings. The Bertz CT molecular complexity index is 6080. The Morgan fingerprint density at radius 2 is 0.427 bits per heavy atom. The highest BCUT2D eigenvalue weighted by Gasteiger charge is 2.52. The third-order valence-electron chi connectivity index (χ3n) is 31.0. The van der Waals surface area contributed by atoms with Gasteiger partial charge >= 0.3 is 0 Å². The molecule has 12 aromatic carbocycles. The number of rotatable bonds is 0. The van der Waals surface area contributed by atoms with Gasteiger partial charge in [0.25, 0.3) is 0 Å². The Balaban J connectivity index is 0.000000148. The van der Waals surface area contributed by atoms with Crippen LogP contribution in [0, 0.1) is 166 Å². The fraction of sp³-hybridized carbons (Fsp3) is 0.333. The molecular formula is C117H132. The summed E-state index contributed by atoms with van der Waals surface area (Å²) < 4.78 is 0. The van der Waals surface area contributed by atoms with Crippen LogP contribution >= 0.6 is 0 Å². The molecule has 0 heterocycles. The SMILES string of the molecule is CC.CC.CC.CC1=C(C)c2c(C)c(C)c(C)c(C)c2C2(C=Cc3c2ccc2ccccc32)c2c(C)c(C)c(C)c(C)c21.CC1=C(C)c2c(C)c(C)c(C)c(C)c2C2(C=Cc3cc4ccccc4cc32)c2c(C)c(C)c(C)c(C)c21.CC1=C(C)c2c(C)c(C)c(C)c(C)c2C2(C=Cc3ccc4ccccc4c32)c2c(C)c(C)c(C)c(C)c21. The summed E-state index contributed by atoms with van der Waals surface area (Å²) in [5, 5.41) is 7.96. The molecule has 0 unspecified atom stereocenters. The standard InChI is InChI=1S/3C37H38.3C2H6/c1-19-21(3)27(9)35-33(23(19)5)25(7)26(8)34-24(6)20(2)22(4)28(10)36(34)37(35)16-15-31-17-29-13-11-12-14-30(29)18-32(31)37;1-19-21(3)27(9)34-32(23(19)5)25(7)26(8)33-24(6)20(2)22(4)28(10)35(33)37(34)18-17-30-16-15-29-13-11-12-14-31(29)36(30)37;1-19-21(3)27(9)35-33(23(19)5)25(7)26(8)34-24(6)20(2)22(4)28(10)36(34)37(35)18-17-31-30-14-12-11-13-29(30)15-16-32(31)37;3*1-2/h3*11-18H,1-10H3;3*1-2H3. The first-order valence-electron chi connectivity index (χ1n) is 43.9. The average Bonchev–Trinajstić information content (AvgIpc) is 1.55. The van der Waals surface area contributed by atoms with Gasteiger partial charge in [0.05, 0.1) is 16.2 Å². The maximum absolute atomic E-state index is 2.55. The van der Waals surface area contributed by atoms with E-state index in [0.29, 0.717) is 0 Å². The minimum absolute atomic E-state index is 0.330. The molecule has 0 saturated carbocycles. The van der Waals surface area contributed by atoms with Crippen molar-refractivity contribution in [1.82, 2.24) is 0 Å². The van der Waals surface area contributed by atoms with E-state index in [1.807, 2.05) is 41.5 Å². The minimum Gasteiger partial charge on any atom is -0.0683 e. The second kappa shape index (κ2) is 31.0. The maximum atomic E-state index is 2.55. The highest BCUT2D eigenvalue weighted by atomic mass is 14.5. The molecule has 3 spiro atoms. The molecule has 0 aromatic heterocycles. The van der Waals surface area contributed by atoms with Crippen molar-refractivity contribution in [2.45, 2.75) is 265 Å². The van der Waals surface area contributed by atoms with E-state index in [4.69, 9.17) is 0 Å². The largest absolute Gasteiger partial charge is 0.0683 e. The first-order chi connectivity index (χ1) is 55.6. The molecule has 0 heteroatoms. The molecule has 0 saturated heterocycles. The molecule has 12 aromatic rings. The van der Waals surface area contributed by atoms with E-state index >= 15 is 0 Å². The van der Waals surface area contributed by atoms with Crippen molar-refractivity contribution in [2.75, 3.05) is 0 Å². The number of hydrogen-bond acceptors (Lipinski definition) is 0. The molecule has 0 amide bonds. The van der Waals surface area contributed by atoms with Gasteiger partial charge in [0.2, 0.25) is 0 Å². The van der Waals surface area contributed by atoms with Gasteiger partial charge in [-0.15, -0.1) is 0 Å². The molecule has 0 aliphatic heterocycles. The molecule has 0 radical (unpaired) electrons. The molecule has 6 aliphatic rings. The van der Waals surface area contributed by atoms with Gasteiger partial charge in [0.15, 0.2) is 0 Å². The monoisotopic (exact) mass is 1540 g/mol. The van der Waals surface area contributed by atoms with E-state index in [1.54, 1.807) is 0 Å². The van der Waals surface area contributed by atoms with Gasteiger partial charge in [-0.2, -0.15) is 0 Å². The Morgan fingerprint density at radius 3 is 0.778 bits per heavy atom. The lowest BCUT2D eigenvalue weighted by atomic mass is 9.63. The number of allylic oxidation sites excluding steroid dienone is 9. The zero-order valence-corrected chi connectivity index (χ0v) is 78.4. The highest BCUT2D eigenvalue weighted by molar-refractivity contribution is 6.06. The van der Waals surface area contributed by atoms with Gasteiger partial charge in [0, 0.05) is 0 Å². The first kappa shape index (κ1) is 84.8. The van der Waals surface area contributed by atoms with Crippen LogP contribution in [-0.2, 0) is 16.2 Å². The average molecular weight is 1540 g/mol. The van der Waals surface area contributed by atoms with Gasteiger partial charge in [-0.25, -0.2) is 0 Å². The third-order valence-corrected chi connectivity index (χ3v) is 31.0. The van der Waals surface area contributed by atoms with Crippen molar-refractivity contribution in [1.29, 1.82) is 0 Å². The fourth-order valence-corrected chi connectivity index (χ4v) is 22.8. The van der Waals surface area contributed by atoms with Crippen LogP contribution < -0.4 is 0 Å². The van der Waals surface area contributed by atoms with Gasteiger partial charge < -0.3 is 0 Å². The Hall–Kier alpha value is -10.1. The molecule has 0 nitrogen and oxygen atoms in total. The summed E-state index contributed by atoms with van der Waals surface area (Å²) in [5.41, 5.74) is 67.7. The van der Waals surface area contributed by atoms with Gasteiger partial charge in [-0.3, -0.25) is 0 Å². The third kappa shape index (κ3) is 11.7. The summed E-state index contributed by atoms with van der Waals surface area (Å²) in [6, 6.07) is 41.0. The van der Waals surface area contributed by atoms with Gasteiger partial charge in [-0.05, 0) is 519 Å². The van der Waals surface area contributed by atoms with Crippen LogP contribution in [-0.4, -0.2) is 0 Å². The maximum Gasteiger partial charge on any atom is 0.0664 e. The fourth-order valence-electron chi connectivity index (χ4n) is 22.8. The van der Waals surface area contributed by atoms with Crippen LogP contribution in [0.3, 0.4) is 0 Å². The van der Waals surface area contributed by atoms with E-state index in [-0.39, 0.29) is 16.2 Å². The molecule has 6 aliphatic carbocycles. The summed E-state index contributed by atoms with van der Waals surface area (Å²) >= 11 is 0. The van der Waals surface area contributed by atoms with Crippen molar-refractivity contribution < 1.29 is 0 Å². The molecule has 0 atom stereocenters. The normalized spacial score (nSPS) is 14.7. The van der Waals surface area contributed by atoms with E-state index in [0.717, 1.165) is 0 Å². The molecule has 0 N–H and O–H groups in total. The van der Waals surface area contributed by atoms with Crippen LogP contribution in [0.4, 0.5) is 0 Å². The number of hydrogen-bond donors (Lipinski definition) is 0. The van der Waals surface area contributed by atoms with Crippen LogP contribution in [0.25, 0.3) is 84.0 Å². The van der Waals surface area contributed by atoms with Gasteiger partial charge in [0.1, 0.15) is 0 Å². The van der Waals surface area contributed by atoms with E-state index < -0.39 is 0 Å². The molecular weight excluding hydrogens is 1410 g/mol. The topological polar surface area (TPSA) is 0 Å². The van der Waals surface area contributed by atoms with Crippen molar-refractivity contribution >= 4 is 84.0 Å². The van der Waals surface area contributed by atoms with Crippen molar-refractivity contribution in [3.63, 3.8) is 0 Å². The predicted octanol–water partition coefficient (Wildman–Crippen LogP) is 32.9. The zero-order chi connectivity index (χ0) is 85.6. The molecule has 18 rings (SSSR count). The first-order valence-corrected chi connectivity index (χ1v) is 43.9. The smallest absolute Gasteiger partial charge is 0.0664 e. The summed E-state index contributed by atoms with van der Waals surface area (Å²) in [6.07, 6.45) is 14.9. The summed E-state index contributed by atoms with van der Waals surface area (Å²) in [4.78, 5) is 0. The number of benzene rings is 12. The lowest BCUT2D eigenvalue weighted by molar-refractivity contribution is 0.767. The quantitative estimate of drug-likeness (QED) is 0.142. The van der Waals surface area contributed by atoms with Gasteiger partial charge in [-0.1, -0.05) is 175 Å². The Kier molecular flexibility index (Phi) is 22.4. The second-order valence-corrected chi connectivity index (χ2v) is 35.0. The van der Waals surface area contributed by atoms with E-state index in [1.165, 1.54) is 299 Å². The number of fused-ring (bicyclic) bond motifs is 23. The summed E-state index contributed by atoms with van der Waals surface area (Å²) in [7, 11) is 0. The van der Waals surface area contributed by atoms with Crippen LogP contribution in [0.5, 0.6) is 0 Å². The van der Waals surface area contributed by atoms with E-state index in [9.17, 15) is 0 Å². The summed E-state index contributed by atoms with van der Waals surface area (Å²) in [6.45, 7) is 82.2. The lowest BCUT2D eigenvalue weighted by Gasteiger charge is -2.39. The summed E-state index contributed by atoms with van der Waals surface area (Å²) in [5.74, 6) is 0. The van der Waals surface area contributed by atoms with Crippen LogP contribution in [0.2, 0.25) is 0 Å². The van der Waals surface area contributed by atoms with Crippen molar-refractivity contribution in [2.24, 2.45) is 0 Å². The van der Waals surface area contributed by atoms with Crippen molar-refractivity contribution in [3.05, 3.63) is 361 Å². The zero-order valence-electron chi connectivity index (χ0n) is 78.4. The van der Waals surface area contributed by atoms with Crippen molar-refractivity contribution in [3.8, 4) is 0 Å². The molecule has 117 heavy (non-hydrogen) atoms. The lowest BCUT2D eigenvalue weighted by Crippen LogP contribution is -2.31. The Labute approximate surface area is 705 Å². The van der Waals surface area contributed by atoms with Crippen LogP contribution in [0.15, 0.2) is 127 Å². The van der Waals surface area contributed by atoms with Crippen LogP contribution in [0.1, 0.15) is 317 Å². The van der Waals surface area contributed by atoms with E-state index in [2.05, 4.69) is 353 Å². The second-order valence-electron chi connectivity index (χ2n) is 35.0. The predicted molar refractivity (Wildman–Crippen MR) is 519 cm³/mol. The molecule has 0 bridgehead atoms.